The van der Waals surface area contributed by atoms with Gasteiger partial charge in [0.1, 0.15) is 17.0 Å². The molecule has 3 heteroatoms. The molecule has 0 radical (unpaired) electrons. The lowest BCUT2D eigenvalue weighted by molar-refractivity contribution is 0.660. The van der Waals surface area contributed by atoms with E-state index in [0.29, 0.717) is 0 Å². The molecule has 204 valence electrons. The Bertz CT molecular complexity index is 2370. The van der Waals surface area contributed by atoms with Crippen LogP contribution in [0.1, 0.15) is 25.0 Å². The van der Waals surface area contributed by atoms with Gasteiger partial charge < -0.3 is 4.42 Å². The minimum absolute atomic E-state index is 0.0228. The molecule has 0 unspecified atom stereocenters. The molecular formula is C40H28N2O. The summed E-state index contributed by atoms with van der Waals surface area (Å²) in [6.07, 6.45) is 0. The average molecular weight is 553 g/mol. The van der Waals surface area contributed by atoms with Crippen molar-refractivity contribution in [3.8, 4) is 39.3 Å². The number of nitrogens with zero attached hydrogens (tertiary/aromatic N) is 2. The van der Waals surface area contributed by atoms with Gasteiger partial charge in [0, 0.05) is 16.4 Å². The Labute approximate surface area is 249 Å². The molecule has 6 aromatic carbocycles. The van der Waals surface area contributed by atoms with E-state index in [9.17, 15) is 0 Å². The van der Waals surface area contributed by atoms with Crippen LogP contribution < -0.4 is 0 Å². The highest BCUT2D eigenvalue weighted by atomic mass is 16.3. The first kappa shape index (κ1) is 24.2. The lowest BCUT2D eigenvalue weighted by atomic mass is 9.82. The molecule has 0 bridgehead atoms. The molecule has 2 heterocycles. The lowest BCUT2D eigenvalue weighted by Crippen LogP contribution is -2.14. The molecule has 0 aliphatic heterocycles. The van der Waals surface area contributed by atoms with E-state index in [1.165, 1.54) is 33.4 Å². The van der Waals surface area contributed by atoms with Crippen LogP contribution in [0.4, 0.5) is 0 Å². The minimum Gasteiger partial charge on any atom is -0.456 e. The van der Waals surface area contributed by atoms with E-state index in [4.69, 9.17) is 9.40 Å². The number of hydrogen-bond acceptors (Lipinski definition) is 2. The van der Waals surface area contributed by atoms with E-state index in [1.807, 2.05) is 18.2 Å². The molecular weight excluding hydrogens is 524 g/mol. The van der Waals surface area contributed by atoms with Crippen molar-refractivity contribution >= 4 is 33.0 Å². The highest BCUT2D eigenvalue weighted by Crippen LogP contribution is 2.52. The molecule has 3 nitrogen and oxygen atoms in total. The molecule has 8 aromatic rings. The SMILES string of the molecule is CC1(C)c2ccccc2-c2c(-c3ccc(-c4nc5ccccc5n4-c4cccc5oc6ccccc6c45)cc3)cccc21. The second kappa shape index (κ2) is 8.80. The number of para-hydroxylation sites is 3. The van der Waals surface area contributed by atoms with Gasteiger partial charge in [0.15, 0.2) is 0 Å². The first-order valence-corrected chi connectivity index (χ1v) is 14.8. The Hall–Kier alpha value is -5.41. The maximum absolute atomic E-state index is 6.26. The largest absolute Gasteiger partial charge is 0.456 e. The predicted octanol–water partition coefficient (Wildman–Crippen LogP) is 10.6. The van der Waals surface area contributed by atoms with Crippen molar-refractivity contribution in [2.45, 2.75) is 19.3 Å². The summed E-state index contributed by atoms with van der Waals surface area (Å²) in [5, 5.41) is 2.20. The van der Waals surface area contributed by atoms with Crippen LogP contribution in [0.5, 0.6) is 0 Å². The summed E-state index contributed by atoms with van der Waals surface area (Å²) in [4.78, 5) is 5.17. The predicted molar refractivity (Wildman–Crippen MR) is 177 cm³/mol. The van der Waals surface area contributed by atoms with Gasteiger partial charge in [-0.05, 0) is 63.7 Å². The Kier molecular flexibility index (Phi) is 4.95. The topological polar surface area (TPSA) is 31.0 Å². The minimum atomic E-state index is -0.0228. The summed E-state index contributed by atoms with van der Waals surface area (Å²) in [6.45, 7) is 4.66. The number of hydrogen-bond donors (Lipinski definition) is 0. The molecule has 0 atom stereocenters. The van der Waals surface area contributed by atoms with Gasteiger partial charge in [-0.15, -0.1) is 0 Å². The van der Waals surface area contributed by atoms with E-state index in [-0.39, 0.29) is 5.41 Å². The third kappa shape index (κ3) is 3.39. The van der Waals surface area contributed by atoms with Gasteiger partial charge in [0.2, 0.25) is 0 Å². The standard InChI is InChI=1S/C40H28N2O/c1-40(2)30-14-5-3-11-28(30)37-27(13-9-15-31(37)40)25-21-23-26(24-22-25)39-41-32-16-6-7-17-33(32)42(39)34-18-10-20-36-38(34)29-12-4-8-19-35(29)43-36/h3-24H,1-2H3. The van der Waals surface area contributed by atoms with Crippen molar-refractivity contribution in [2.75, 3.05) is 0 Å². The second-order valence-corrected chi connectivity index (χ2v) is 12.0. The van der Waals surface area contributed by atoms with Gasteiger partial charge in [-0.1, -0.05) is 117 Å². The summed E-state index contributed by atoms with van der Waals surface area (Å²) < 4.78 is 8.54. The van der Waals surface area contributed by atoms with Crippen LogP contribution in [-0.2, 0) is 5.41 Å². The van der Waals surface area contributed by atoms with Crippen molar-refractivity contribution < 1.29 is 4.42 Å². The highest BCUT2D eigenvalue weighted by molar-refractivity contribution is 6.10. The number of furan rings is 1. The van der Waals surface area contributed by atoms with Crippen LogP contribution in [0.25, 0.3) is 72.3 Å². The Balaban J connectivity index is 1.23. The highest BCUT2D eigenvalue weighted by Gasteiger charge is 2.36. The van der Waals surface area contributed by atoms with Crippen LogP contribution in [-0.4, -0.2) is 9.55 Å². The Morgan fingerprint density at radius 2 is 1.26 bits per heavy atom. The molecule has 43 heavy (non-hydrogen) atoms. The molecule has 1 aliphatic rings. The van der Waals surface area contributed by atoms with Gasteiger partial charge in [-0.25, -0.2) is 4.98 Å². The molecule has 0 fully saturated rings. The van der Waals surface area contributed by atoms with Crippen LogP contribution in [0.15, 0.2) is 138 Å². The van der Waals surface area contributed by atoms with Crippen LogP contribution in [0, 0.1) is 0 Å². The van der Waals surface area contributed by atoms with E-state index in [1.54, 1.807) is 0 Å². The second-order valence-electron chi connectivity index (χ2n) is 12.0. The third-order valence-corrected chi connectivity index (χ3v) is 9.24. The zero-order valence-corrected chi connectivity index (χ0v) is 24.0. The van der Waals surface area contributed by atoms with Crippen molar-refractivity contribution in [3.05, 3.63) is 145 Å². The van der Waals surface area contributed by atoms with E-state index >= 15 is 0 Å². The van der Waals surface area contributed by atoms with Crippen LogP contribution in [0.3, 0.4) is 0 Å². The fourth-order valence-corrected chi connectivity index (χ4v) is 7.20. The fraction of sp³-hybridized carbons (Fsp3) is 0.0750. The Morgan fingerprint density at radius 1 is 0.581 bits per heavy atom. The maximum atomic E-state index is 6.26. The zero-order valence-electron chi connectivity index (χ0n) is 24.0. The molecule has 0 saturated carbocycles. The van der Waals surface area contributed by atoms with E-state index in [2.05, 4.69) is 134 Å². The van der Waals surface area contributed by atoms with E-state index in [0.717, 1.165) is 50.0 Å². The van der Waals surface area contributed by atoms with Gasteiger partial charge in [0.05, 0.1) is 22.1 Å². The summed E-state index contributed by atoms with van der Waals surface area (Å²) >= 11 is 0. The summed E-state index contributed by atoms with van der Waals surface area (Å²) in [5.74, 6) is 0.912. The number of imidazole rings is 1. The molecule has 9 rings (SSSR count). The molecule has 2 aromatic heterocycles. The smallest absolute Gasteiger partial charge is 0.145 e. The third-order valence-electron chi connectivity index (χ3n) is 9.24. The summed E-state index contributed by atoms with van der Waals surface area (Å²) in [5.41, 5.74) is 13.8. The molecule has 0 spiro atoms. The Morgan fingerprint density at radius 3 is 2.16 bits per heavy atom. The summed E-state index contributed by atoms with van der Waals surface area (Å²) in [7, 11) is 0. The maximum Gasteiger partial charge on any atom is 0.145 e. The molecule has 0 saturated heterocycles. The molecule has 0 amide bonds. The zero-order chi connectivity index (χ0) is 28.7. The van der Waals surface area contributed by atoms with Gasteiger partial charge in [-0.3, -0.25) is 4.57 Å². The molecule has 0 N–H and O–H groups in total. The normalized spacial score (nSPS) is 13.5. The van der Waals surface area contributed by atoms with Crippen LogP contribution >= 0.6 is 0 Å². The van der Waals surface area contributed by atoms with Crippen LogP contribution in [0.2, 0.25) is 0 Å². The number of fused-ring (bicyclic) bond motifs is 7. The lowest BCUT2D eigenvalue weighted by Gasteiger charge is -2.21. The van der Waals surface area contributed by atoms with Gasteiger partial charge in [-0.2, -0.15) is 0 Å². The first-order valence-electron chi connectivity index (χ1n) is 14.8. The van der Waals surface area contributed by atoms with Crippen molar-refractivity contribution in [1.82, 2.24) is 9.55 Å². The quantitative estimate of drug-likeness (QED) is 0.218. The van der Waals surface area contributed by atoms with Crippen molar-refractivity contribution in [2.24, 2.45) is 0 Å². The van der Waals surface area contributed by atoms with Gasteiger partial charge in [0.25, 0.3) is 0 Å². The van der Waals surface area contributed by atoms with Crippen molar-refractivity contribution in [1.29, 1.82) is 0 Å². The van der Waals surface area contributed by atoms with Crippen molar-refractivity contribution in [3.63, 3.8) is 0 Å². The number of benzene rings is 6. The average Bonchev–Trinajstić information content (AvgIpc) is 3.70. The monoisotopic (exact) mass is 552 g/mol. The first-order chi connectivity index (χ1) is 21.1. The number of aromatic nitrogens is 2. The fourth-order valence-electron chi connectivity index (χ4n) is 7.20. The molecule has 1 aliphatic carbocycles. The number of rotatable bonds is 3. The summed E-state index contributed by atoms with van der Waals surface area (Å²) in [6, 6.07) is 47.4. The van der Waals surface area contributed by atoms with Gasteiger partial charge >= 0.3 is 0 Å². The van der Waals surface area contributed by atoms with E-state index < -0.39 is 0 Å².